The Morgan fingerprint density at radius 1 is 1.54 bits per heavy atom. The van der Waals surface area contributed by atoms with Crippen LogP contribution >= 0.6 is 0 Å². The lowest BCUT2D eigenvalue weighted by Crippen LogP contribution is -2.34. The van der Waals surface area contributed by atoms with Gasteiger partial charge < -0.3 is 15.1 Å². The molecule has 0 saturated heterocycles. The highest BCUT2D eigenvalue weighted by molar-refractivity contribution is 5.11. The number of nitrogens with one attached hydrogen (secondary N) is 2. The minimum absolute atomic E-state index is 0.486. The molecule has 0 aliphatic rings. The van der Waals surface area contributed by atoms with E-state index >= 15 is 0 Å². The first kappa shape index (κ1) is 10.3. The molecule has 3 heteroatoms. The van der Waals surface area contributed by atoms with E-state index in [1.807, 2.05) is 14.0 Å². The number of hydrogen-bond acceptors (Lipinski definition) is 3. The van der Waals surface area contributed by atoms with Crippen molar-refractivity contribution in [1.82, 2.24) is 10.6 Å². The zero-order valence-electron chi connectivity index (χ0n) is 8.55. The molecule has 1 rings (SSSR count). The Morgan fingerprint density at radius 2 is 2.31 bits per heavy atom. The minimum Gasteiger partial charge on any atom is -0.469 e. The first-order chi connectivity index (χ1) is 6.22. The predicted octanol–water partition coefficient (Wildman–Crippen LogP) is 1.29. The fourth-order valence-electron chi connectivity index (χ4n) is 1.26. The summed E-state index contributed by atoms with van der Waals surface area (Å²) in [5.74, 6) is 0.970. The first-order valence-corrected chi connectivity index (χ1v) is 4.64. The maximum Gasteiger partial charge on any atom is 0.101 e. The summed E-state index contributed by atoms with van der Waals surface area (Å²) in [6, 6.07) is 2.54. The molecule has 0 amide bonds. The van der Waals surface area contributed by atoms with Crippen molar-refractivity contribution in [3.63, 3.8) is 0 Å². The molecule has 1 aromatic rings. The molecule has 1 unspecified atom stereocenters. The molecule has 13 heavy (non-hydrogen) atoms. The quantitative estimate of drug-likeness (QED) is 0.720. The van der Waals surface area contributed by atoms with Crippen LogP contribution in [0.4, 0.5) is 0 Å². The van der Waals surface area contributed by atoms with Gasteiger partial charge in [0.2, 0.25) is 0 Å². The maximum absolute atomic E-state index is 5.20. The van der Waals surface area contributed by atoms with E-state index in [1.54, 1.807) is 6.26 Å². The summed E-state index contributed by atoms with van der Waals surface area (Å²) in [6.45, 7) is 5.97. The Kier molecular flexibility index (Phi) is 3.99. The van der Waals surface area contributed by atoms with E-state index < -0.39 is 0 Å². The first-order valence-electron chi connectivity index (χ1n) is 4.64. The number of hydrogen-bond donors (Lipinski definition) is 2. The van der Waals surface area contributed by atoms with Crippen LogP contribution in [-0.4, -0.2) is 19.6 Å². The van der Waals surface area contributed by atoms with Gasteiger partial charge in [-0.15, -0.1) is 0 Å². The van der Waals surface area contributed by atoms with E-state index in [2.05, 4.69) is 23.6 Å². The van der Waals surface area contributed by atoms with Gasteiger partial charge in [0, 0.05) is 24.7 Å². The minimum atomic E-state index is 0.486. The third-order valence-electron chi connectivity index (χ3n) is 1.95. The molecule has 74 valence electrons. The van der Waals surface area contributed by atoms with Crippen LogP contribution in [0.5, 0.6) is 0 Å². The van der Waals surface area contributed by atoms with Crippen molar-refractivity contribution >= 4 is 0 Å². The van der Waals surface area contributed by atoms with Gasteiger partial charge in [-0.1, -0.05) is 0 Å². The highest BCUT2D eigenvalue weighted by Gasteiger charge is 2.01. The maximum atomic E-state index is 5.20. The Labute approximate surface area is 79.5 Å². The molecule has 0 spiro atoms. The van der Waals surface area contributed by atoms with Crippen LogP contribution in [0, 0.1) is 6.92 Å². The van der Waals surface area contributed by atoms with Gasteiger partial charge >= 0.3 is 0 Å². The fourth-order valence-corrected chi connectivity index (χ4v) is 1.26. The molecule has 1 atom stereocenters. The third-order valence-corrected chi connectivity index (χ3v) is 1.95. The SMILES string of the molecule is CNCC(C)NCc1coc(C)c1. The predicted molar refractivity (Wildman–Crippen MR) is 53.7 cm³/mol. The number of furan rings is 1. The largest absolute Gasteiger partial charge is 0.469 e. The second-order valence-corrected chi connectivity index (χ2v) is 3.41. The van der Waals surface area contributed by atoms with Gasteiger partial charge in [0.1, 0.15) is 5.76 Å². The highest BCUT2D eigenvalue weighted by atomic mass is 16.3. The Bertz CT molecular complexity index is 245. The van der Waals surface area contributed by atoms with E-state index in [-0.39, 0.29) is 0 Å². The van der Waals surface area contributed by atoms with Crippen LogP contribution in [0.25, 0.3) is 0 Å². The lowest BCUT2D eigenvalue weighted by atomic mass is 10.2. The van der Waals surface area contributed by atoms with E-state index in [0.29, 0.717) is 6.04 Å². The average Bonchev–Trinajstić information content (AvgIpc) is 2.49. The van der Waals surface area contributed by atoms with Crippen molar-refractivity contribution in [2.75, 3.05) is 13.6 Å². The highest BCUT2D eigenvalue weighted by Crippen LogP contribution is 2.05. The van der Waals surface area contributed by atoms with Gasteiger partial charge in [0.05, 0.1) is 6.26 Å². The van der Waals surface area contributed by atoms with Gasteiger partial charge in [-0.3, -0.25) is 0 Å². The number of rotatable bonds is 5. The summed E-state index contributed by atoms with van der Waals surface area (Å²) in [7, 11) is 1.96. The Balaban J connectivity index is 2.26. The topological polar surface area (TPSA) is 37.2 Å². The zero-order chi connectivity index (χ0) is 9.68. The molecule has 0 bridgehead atoms. The summed E-state index contributed by atoms with van der Waals surface area (Å²) in [5.41, 5.74) is 1.21. The third kappa shape index (κ3) is 3.61. The lowest BCUT2D eigenvalue weighted by molar-refractivity contribution is 0.510. The van der Waals surface area contributed by atoms with Crippen molar-refractivity contribution in [3.8, 4) is 0 Å². The number of aryl methyl sites for hydroxylation is 1. The summed E-state index contributed by atoms with van der Waals surface area (Å²) in [4.78, 5) is 0. The van der Waals surface area contributed by atoms with Gasteiger partial charge in [0.15, 0.2) is 0 Å². The monoisotopic (exact) mass is 182 g/mol. The van der Waals surface area contributed by atoms with Crippen LogP contribution in [0.2, 0.25) is 0 Å². The van der Waals surface area contributed by atoms with E-state index in [0.717, 1.165) is 18.8 Å². The molecule has 0 aromatic carbocycles. The molecular weight excluding hydrogens is 164 g/mol. The number of likely N-dealkylation sites (N-methyl/N-ethyl adjacent to an activating group) is 1. The normalized spacial score (nSPS) is 13.2. The van der Waals surface area contributed by atoms with Gasteiger partial charge in [-0.05, 0) is 27.0 Å². The molecule has 1 aromatic heterocycles. The van der Waals surface area contributed by atoms with Crippen LogP contribution in [0.15, 0.2) is 16.7 Å². The van der Waals surface area contributed by atoms with Crippen molar-refractivity contribution < 1.29 is 4.42 Å². The van der Waals surface area contributed by atoms with E-state index in [9.17, 15) is 0 Å². The van der Waals surface area contributed by atoms with Crippen molar-refractivity contribution in [2.24, 2.45) is 0 Å². The van der Waals surface area contributed by atoms with Crippen LogP contribution in [0.1, 0.15) is 18.2 Å². The smallest absolute Gasteiger partial charge is 0.101 e. The fraction of sp³-hybridized carbons (Fsp3) is 0.600. The summed E-state index contributed by atoms with van der Waals surface area (Å²) >= 11 is 0. The molecule has 2 N–H and O–H groups in total. The Hall–Kier alpha value is -0.800. The van der Waals surface area contributed by atoms with Crippen LogP contribution in [-0.2, 0) is 6.54 Å². The molecule has 0 radical (unpaired) electrons. The van der Waals surface area contributed by atoms with Crippen LogP contribution < -0.4 is 10.6 Å². The standard InChI is InChI=1S/C10H18N2O/c1-8(5-11-3)12-6-10-4-9(2)13-7-10/h4,7-8,11-12H,5-6H2,1-3H3. The van der Waals surface area contributed by atoms with Gasteiger partial charge in [-0.25, -0.2) is 0 Å². The summed E-state index contributed by atoms with van der Waals surface area (Å²) < 4.78 is 5.20. The van der Waals surface area contributed by atoms with Crippen molar-refractivity contribution in [3.05, 3.63) is 23.7 Å². The van der Waals surface area contributed by atoms with E-state index in [4.69, 9.17) is 4.42 Å². The lowest BCUT2D eigenvalue weighted by Gasteiger charge is -2.11. The zero-order valence-corrected chi connectivity index (χ0v) is 8.55. The van der Waals surface area contributed by atoms with Gasteiger partial charge in [0.25, 0.3) is 0 Å². The molecule has 1 heterocycles. The molecule has 0 aliphatic carbocycles. The van der Waals surface area contributed by atoms with Crippen molar-refractivity contribution in [2.45, 2.75) is 26.4 Å². The average molecular weight is 182 g/mol. The molecule has 0 aliphatic heterocycles. The summed E-state index contributed by atoms with van der Waals surface area (Å²) in [5, 5.41) is 6.51. The van der Waals surface area contributed by atoms with E-state index in [1.165, 1.54) is 5.56 Å². The molecule has 0 fully saturated rings. The summed E-state index contributed by atoms with van der Waals surface area (Å²) in [6.07, 6.45) is 1.80. The molecule has 3 nitrogen and oxygen atoms in total. The molecule has 0 saturated carbocycles. The second kappa shape index (κ2) is 5.04. The van der Waals surface area contributed by atoms with Crippen molar-refractivity contribution in [1.29, 1.82) is 0 Å². The van der Waals surface area contributed by atoms with Crippen LogP contribution in [0.3, 0.4) is 0 Å². The molecular formula is C10H18N2O. The van der Waals surface area contributed by atoms with Gasteiger partial charge in [-0.2, -0.15) is 0 Å². The second-order valence-electron chi connectivity index (χ2n) is 3.41. The Morgan fingerprint density at radius 3 is 2.85 bits per heavy atom.